The largest absolute Gasteiger partial charge is 0.496 e. The van der Waals surface area contributed by atoms with E-state index in [0.717, 1.165) is 29.5 Å². The Morgan fingerprint density at radius 3 is 2.64 bits per heavy atom. The van der Waals surface area contributed by atoms with Crippen molar-refractivity contribution in [2.45, 2.75) is 26.7 Å². The molecule has 0 saturated carbocycles. The molecule has 25 heavy (non-hydrogen) atoms. The fourth-order valence-electron chi connectivity index (χ4n) is 2.85. The van der Waals surface area contributed by atoms with E-state index in [-0.39, 0.29) is 12.3 Å². The predicted octanol–water partition coefficient (Wildman–Crippen LogP) is 2.03. The third-order valence-corrected chi connectivity index (χ3v) is 4.15. The summed E-state index contributed by atoms with van der Waals surface area (Å²) in [5.74, 6) is 0.462. The van der Waals surface area contributed by atoms with Crippen LogP contribution in [0.5, 0.6) is 5.75 Å². The molecule has 0 fully saturated rings. The van der Waals surface area contributed by atoms with Crippen LogP contribution in [-0.4, -0.2) is 45.1 Å². The van der Waals surface area contributed by atoms with E-state index in [4.69, 9.17) is 9.15 Å². The molecule has 1 amide bonds. The van der Waals surface area contributed by atoms with Gasteiger partial charge in [0.1, 0.15) is 11.3 Å². The molecule has 0 aliphatic heterocycles. The first-order valence-corrected chi connectivity index (χ1v) is 8.35. The van der Waals surface area contributed by atoms with Gasteiger partial charge in [0.05, 0.1) is 24.5 Å². The van der Waals surface area contributed by atoms with E-state index in [1.54, 1.807) is 13.2 Å². The molecule has 0 atom stereocenters. The van der Waals surface area contributed by atoms with Crippen LogP contribution in [0.4, 0.5) is 0 Å². The van der Waals surface area contributed by atoms with Gasteiger partial charge in [0.25, 0.3) is 0 Å². The quantitative estimate of drug-likeness (QED) is 0.613. The molecule has 136 valence electrons. The summed E-state index contributed by atoms with van der Waals surface area (Å²) in [4.78, 5) is 26.6. The molecular weight excluding hydrogens is 320 g/mol. The number of carbonyl (C=O) groups is 1. The Labute approximate surface area is 147 Å². The van der Waals surface area contributed by atoms with Crippen molar-refractivity contribution in [2.24, 2.45) is 0 Å². The molecule has 0 saturated heterocycles. The maximum absolute atomic E-state index is 12.3. The maximum Gasteiger partial charge on any atom is 0.340 e. The van der Waals surface area contributed by atoms with E-state index >= 15 is 0 Å². The van der Waals surface area contributed by atoms with Crippen molar-refractivity contribution >= 4 is 16.9 Å². The monoisotopic (exact) mass is 346 g/mol. The predicted molar refractivity (Wildman–Crippen MR) is 98.4 cm³/mol. The first kappa shape index (κ1) is 19.0. The molecule has 1 heterocycles. The number of methoxy groups -OCH3 is 1. The van der Waals surface area contributed by atoms with Gasteiger partial charge in [-0.1, -0.05) is 0 Å². The summed E-state index contributed by atoms with van der Waals surface area (Å²) in [6, 6.07) is 3.69. The molecule has 0 bridgehead atoms. The van der Waals surface area contributed by atoms with E-state index in [1.165, 1.54) is 0 Å². The van der Waals surface area contributed by atoms with Crippen LogP contribution in [0.1, 0.15) is 23.1 Å². The number of rotatable bonds is 7. The molecule has 0 aliphatic carbocycles. The summed E-state index contributed by atoms with van der Waals surface area (Å²) in [6.07, 6.45) is 0.861. The van der Waals surface area contributed by atoms with Crippen molar-refractivity contribution in [3.05, 3.63) is 39.2 Å². The molecular formula is C19H26N2O4. The van der Waals surface area contributed by atoms with E-state index in [0.29, 0.717) is 23.4 Å². The highest BCUT2D eigenvalue weighted by Gasteiger charge is 2.17. The maximum atomic E-state index is 12.3. The summed E-state index contributed by atoms with van der Waals surface area (Å²) in [6.45, 7) is 5.21. The van der Waals surface area contributed by atoms with Gasteiger partial charge in [-0.05, 0) is 64.2 Å². The van der Waals surface area contributed by atoms with Crippen molar-refractivity contribution in [3.63, 3.8) is 0 Å². The van der Waals surface area contributed by atoms with Crippen LogP contribution in [0.3, 0.4) is 0 Å². The molecule has 2 rings (SSSR count). The summed E-state index contributed by atoms with van der Waals surface area (Å²) in [7, 11) is 5.55. The Morgan fingerprint density at radius 2 is 2.00 bits per heavy atom. The van der Waals surface area contributed by atoms with Gasteiger partial charge in [-0.3, -0.25) is 4.79 Å². The minimum Gasteiger partial charge on any atom is -0.496 e. The Kier molecular flexibility index (Phi) is 6.20. The SMILES string of the molecule is COc1cc(C)cc2oc(=O)c(CC(=O)NCCCN(C)C)c(C)c12. The average molecular weight is 346 g/mol. The van der Waals surface area contributed by atoms with Crippen molar-refractivity contribution in [1.29, 1.82) is 0 Å². The topological polar surface area (TPSA) is 71.8 Å². The number of hydrogen-bond acceptors (Lipinski definition) is 5. The molecule has 6 heteroatoms. The van der Waals surface area contributed by atoms with E-state index in [2.05, 4.69) is 10.2 Å². The van der Waals surface area contributed by atoms with Crippen molar-refractivity contribution in [3.8, 4) is 5.75 Å². The van der Waals surface area contributed by atoms with E-state index in [9.17, 15) is 9.59 Å². The van der Waals surface area contributed by atoms with Crippen LogP contribution in [0.15, 0.2) is 21.3 Å². The van der Waals surface area contributed by atoms with Gasteiger partial charge < -0.3 is 19.4 Å². The second-order valence-corrected chi connectivity index (χ2v) is 6.52. The summed E-state index contributed by atoms with van der Waals surface area (Å²) >= 11 is 0. The van der Waals surface area contributed by atoms with Crippen molar-refractivity contribution in [1.82, 2.24) is 10.2 Å². The zero-order chi connectivity index (χ0) is 18.6. The van der Waals surface area contributed by atoms with Gasteiger partial charge >= 0.3 is 5.63 Å². The van der Waals surface area contributed by atoms with Crippen LogP contribution in [-0.2, 0) is 11.2 Å². The number of amides is 1. The van der Waals surface area contributed by atoms with Gasteiger partial charge in [0.15, 0.2) is 0 Å². The minimum atomic E-state index is -0.471. The molecule has 2 aromatic rings. The molecule has 0 aliphatic rings. The van der Waals surface area contributed by atoms with Crippen LogP contribution in [0, 0.1) is 13.8 Å². The van der Waals surface area contributed by atoms with E-state index < -0.39 is 5.63 Å². The number of nitrogens with one attached hydrogen (secondary N) is 1. The molecule has 1 aromatic heterocycles. The molecule has 0 unspecified atom stereocenters. The highest BCUT2D eigenvalue weighted by atomic mass is 16.5. The fourth-order valence-corrected chi connectivity index (χ4v) is 2.85. The molecule has 0 spiro atoms. The number of benzene rings is 1. The summed E-state index contributed by atoms with van der Waals surface area (Å²) in [5.41, 5.74) is 2.06. The molecule has 1 aromatic carbocycles. The van der Waals surface area contributed by atoms with Crippen LogP contribution in [0.2, 0.25) is 0 Å². The Morgan fingerprint density at radius 1 is 1.28 bits per heavy atom. The van der Waals surface area contributed by atoms with E-state index in [1.807, 2.05) is 34.0 Å². The fraction of sp³-hybridized carbons (Fsp3) is 0.474. The lowest BCUT2D eigenvalue weighted by atomic mass is 10.0. The number of aryl methyl sites for hydroxylation is 2. The first-order valence-electron chi connectivity index (χ1n) is 8.35. The van der Waals surface area contributed by atoms with Gasteiger partial charge in [0.2, 0.25) is 5.91 Å². The zero-order valence-electron chi connectivity index (χ0n) is 15.6. The van der Waals surface area contributed by atoms with Gasteiger partial charge in [-0.25, -0.2) is 4.79 Å². The third-order valence-electron chi connectivity index (χ3n) is 4.15. The highest BCUT2D eigenvalue weighted by Crippen LogP contribution is 2.30. The average Bonchev–Trinajstić information content (AvgIpc) is 2.54. The number of nitrogens with zero attached hydrogens (tertiary/aromatic N) is 1. The van der Waals surface area contributed by atoms with Crippen LogP contribution < -0.4 is 15.7 Å². The Hall–Kier alpha value is -2.34. The highest BCUT2D eigenvalue weighted by molar-refractivity contribution is 5.89. The second kappa shape index (κ2) is 8.16. The standard InChI is InChI=1S/C19H26N2O4/c1-12-9-15(24-5)18-13(2)14(19(23)25-16(18)10-12)11-17(22)20-7-6-8-21(3)4/h9-10H,6-8,11H2,1-5H3,(H,20,22). The summed E-state index contributed by atoms with van der Waals surface area (Å²) < 4.78 is 10.9. The lowest BCUT2D eigenvalue weighted by Crippen LogP contribution is -2.30. The molecule has 0 radical (unpaired) electrons. The smallest absolute Gasteiger partial charge is 0.340 e. The number of carbonyl (C=O) groups excluding carboxylic acids is 1. The number of hydrogen-bond donors (Lipinski definition) is 1. The molecule has 6 nitrogen and oxygen atoms in total. The van der Waals surface area contributed by atoms with Crippen LogP contribution in [0.25, 0.3) is 11.0 Å². The summed E-state index contributed by atoms with van der Waals surface area (Å²) in [5, 5.41) is 3.59. The normalized spacial score (nSPS) is 11.1. The Balaban J connectivity index is 2.25. The number of fused-ring (bicyclic) bond motifs is 1. The van der Waals surface area contributed by atoms with Crippen LogP contribution >= 0.6 is 0 Å². The number of ether oxygens (including phenoxy) is 1. The third kappa shape index (κ3) is 4.60. The van der Waals surface area contributed by atoms with Gasteiger partial charge in [-0.2, -0.15) is 0 Å². The zero-order valence-corrected chi connectivity index (χ0v) is 15.6. The van der Waals surface area contributed by atoms with Gasteiger partial charge in [-0.15, -0.1) is 0 Å². The van der Waals surface area contributed by atoms with Crippen molar-refractivity contribution < 1.29 is 13.9 Å². The van der Waals surface area contributed by atoms with Crippen molar-refractivity contribution in [2.75, 3.05) is 34.3 Å². The molecule has 1 N–H and O–H groups in total. The Bertz CT molecular complexity index is 824. The lowest BCUT2D eigenvalue weighted by molar-refractivity contribution is -0.120. The lowest BCUT2D eigenvalue weighted by Gasteiger charge is -2.12. The van der Waals surface area contributed by atoms with Gasteiger partial charge in [0, 0.05) is 6.54 Å². The second-order valence-electron chi connectivity index (χ2n) is 6.52. The minimum absolute atomic E-state index is 0.00308. The first-order chi connectivity index (χ1) is 11.8.